The zero-order valence-electron chi connectivity index (χ0n) is 47.8. The Balaban J connectivity index is 1.20. The maximum Gasteiger partial charge on any atom is 0.402 e. The first-order valence-electron chi connectivity index (χ1n) is 29.7. The molecule has 7 rings (SSSR count). The number of nitrogens with zero attached hydrogens (tertiary/aromatic N) is 2. The number of rotatable bonds is 31. The van der Waals surface area contributed by atoms with Crippen molar-refractivity contribution >= 4 is 21.5 Å². The smallest absolute Gasteiger partial charge is 0.402 e. The van der Waals surface area contributed by atoms with Gasteiger partial charge in [0.05, 0.1) is 40.4 Å². The Morgan fingerprint density at radius 2 is 0.987 bits per heavy atom. The quantitative estimate of drug-likeness (QED) is 0.0410. The predicted octanol–water partition coefficient (Wildman–Crippen LogP) is 16.6. The van der Waals surface area contributed by atoms with Crippen LogP contribution in [0.2, 0.25) is 0 Å². The molecule has 0 aliphatic heterocycles. The minimum Gasteiger partial charge on any atom is -0.493 e. The first-order valence-corrected chi connectivity index (χ1v) is 29.7. The van der Waals surface area contributed by atoms with Gasteiger partial charge in [0.25, 0.3) is 22.2 Å². The molecule has 2 aliphatic rings. The normalized spacial score (nSPS) is 17.9. The van der Waals surface area contributed by atoms with Gasteiger partial charge in [0.1, 0.15) is 16.9 Å². The van der Waals surface area contributed by atoms with Crippen LogP contribution in [0.15, 0.2) is 116 Å². The van der Waals surface area contributed by atoms with Crippen LogP contribution in [0, 0.1) is 11.8 Å². The van der Waals surface area contributed by atoms with Crippen molar-refractivity contribution < 1.29 is 22.6 Å². The van der Waals surface area contributed by atoms with Crippen LogP contribution >= 0.6 is 0 Å². The average molecular weight is 1070 g/mol. The Labute approximate surface area is 461 Å². The van der Waals surface area contributed by atoms with Crippen LogP contribution in [0.3, 0.4) is 0 Å². The minimum atomic E-state index is -4.85. The summed E-state index contributed by atoms with van der Waals surface area (Å²) in [5, 5.41) is -0.158. The molecule has 0 bridgehead atoms. The van der Waals surface area contributed by atoms with Gasteiger partial charge in [0.15, 0.2) is 0 Å². The third-order valence-corrected chi connectivity index (χ3v) is 17.7. The summed E-state index contributed by atoms with van der Waals surface area (Å²) in [6, 6.07) is 11.6. The van der Waals surface area contributed by atoms with Crippen LogP contribution in [-0.2, 0) is 16.4 Å². The van der Waals surface area contributed by atoms with E-state index in [0.29, 0.717) is 49.9 Å². The molecular weight excluding hydrogens is 986 g/mol. The average Bonchev–Trinajstić information content (AvgIpc) is 3.92. The molecule has 5 aromatic rings. The second kappa shape index (κ2) is 27.0. The Hall–Kier alpha value is -5.71. The highest BCUT2D eigenvalue weighted by Gasteiger charge is 2.54. The van der Waals surface area contributed by atoms with Crippen molar-refractivity contribution in [3.05, 3.63) is 155 Å². The van der Waals surface area contributed by atoms with Crippen LogP contribution in [0.4, 0.5) is 13.2 Å². The van der Waals surface area contributed by atoms with Gasteiger partial charge in [-0.3, -0.25) is 23.7 Å². The molecule has 0 radical (unpaired) electrons. The van der Waals surface area contributed by atoms with Crippen LogP contribution in [0.25, 0.3) is 27.2 Å². The van der Waals surface area contributed by atoms with Gasteiger partial charge in [-0.1, -0.05) is 178 Å². The summed E-state index contributed by atoms with van der Waals surface area (Å²) < 4.78 is 63.9. The lowest BCUT2D eigenvalue weighted by Gasteiger charge is -2.36. The predicted molar refractivity (Wildman–Crippen MR) is 315 cm³/mol. The first kappa shape index (κ1) is 59.9. The second-order valence-corrected chi connectivity index (χ2v) is 23.3. The maximum absolute atomic E-state index is 16.3. The molecule has 5 unspecified atom stereocenters. The molecule has 2 aromatic heterocycles. The van der Waals surface area contributed by atoms with Gasteiger partial charge in [-0.2, -0.15) is 13.2 Å². The number of fused-ring (bicyclic) bond motifs is 2. The summed E-state index contributed by atoms with van der Waals surface area (Å²) in [6.45, 7) is 13.8. The third-order valence-electron chi connectivity index (χ3n) is 17.7. The molecule has 11 heteroatoms. The van der Waals surface area contributed by atoms with E-state index in [-0.39, 0.29) is 50.7 Å². The molecule has 2 aliphatic carbocycles. The summed E-state index contributed by atoms with van der Waals surface area (Å²) in [5.41, 5.74) is -6.22. The molecule has 3 aromatic carbocycles. The number of hydrogen-bond donors (Lipinski definition) is 0. The molecule has 0 spiro atoms. The number of alkyl halides is 3. The molecule has 5 atom stereocenters. The number of benzene rings is 3. The Kier molecular flexibility index (Phi) is 20.7. The molecular formula is C67H87F3N2O6. The molecule has 0 saturated heterocycles. The Bertz CT molecular complexity index is 3070. The summed E-state index contributed by atoms with van der Waals surface area (Å²) >= 11 is 0. The van der Waals surface area contributed by atoms with Crippen molar-refractivity contribution in [1.82, 2.24) is 9.13 Å². The van der Waals surface area contributed by atoms with E-state index in [2.05, 4.69) is 69.4 Å². The SMILES string of the molecule is CCCC(C)(CC)c1cc(C(C)(c2ccc(OCCCCCCCCC3C=CC=CC3)c(-n3c(=O)c4cc5c(=O)n(C(C)(CC)CCC)c(=O)c5cc4c3=O)c2)C(F)(F)F)ccc1OCCCCCCCCC1C=CC=CC1. The van der Waals surface area contributed by atoms with E-state index in [0.717, 1.165) is 113 Å². The lowest BCUT2D eigenvalue weighted by atomic mass is 9.71. The van der Waals surface area contributed by atoms with E-state index < -0.39 is 44.8 Å². The van der Waals surface area contributed by atoms with Crippen molar-refractivity contribution in [1.29, 1.82) is 0 Å². The number of aromatic nitrogens is 2. The van der Waals surface area contributed by atoms with E-state index in [9.17, 15) is 19.2 Å². The highest BCUT2D eigenvalue weighted by molar-refractivity contribution is 5.98. The summed E-state index contributed by atoms with van der Waals surface area (Å²) in [4.78, 5) is 57.6. The van der Waals surface area contributed by atoms with Gasteiger partial charge in [-0.25, -0.2) is 4.57 Å². The van der Waals surface area contributed by atoms with Gasteiger partial charge in [-0.15, -0.1) is 0 Å². The number of ether oxygens (including phenoxy) is 2. The maximum atomic E-state index is 16.3. The van der Waals surface area contributed by atoms with Crippen LogP contribution in [0.5, 0.6) is 11.5 Å². The second-order valence-electron chi connectivity index (χ2n) is 23.3. The molecule has 0 saturated carbocycles. The monoisotopic (exact) mass is 1070 g/mol. The molecule has 0 N–H and O–H groups in total. The van der Waals surface area contributed by atoms with E-state index in [1.807, 2.05) is 20.8 Å². The molecule has 2 heterocycles. The van der Waals surface area contributed by atoms with Gasteiger partial charge >= 0.3 is 6.18 Å². The molecule has 422 valence electrons. The van der Waals surface area contributed by atoms with Crippen molar-refractivity contribution in [2.75, 3.05) is 13.2 Å². The van der Waals surface area contributed by atoms with Gasteiger partial charge in [-0.05, 0) is 137 Å². The summed E-state index contributed by atoms with van der Waals surface area (Å²) in [6.07, 6.45) is 33.7. The van der Waals surface area contributed by atoms with E-state index in [1.54, 1.807) is 12.1 Å². The highest BCUT2D eigenvalue weighted by atomic mass is 19.4. The fraction of sp³-hybridized carbons (Fsp3) is 0.552. The largest absolute Gasteiger partial charge is 0.493 e. The fourth-order valence-corrected chi connectivity index (χ4v) is 12.3. The van der Waals surface area contributed by atoms with Crippen molar-refractivity contribution in [3.63, 3.8) is 0 Å². The topological polar surface area (TPSA) is 96.6 Å². The minimum absolute atomic E-state index is 0.00190. The Morgan fingerprint density at radius 3 is 1.45 bits per heavy atom. The fourth-order valence-electron chi connectivity index (χ4n) is 12.3. The first-order chi connectivity index (χ1) is 37.5. The summed E-state index contributed by atoms with van der Waals surface area (Å²) in [7, 11) is 0. The van der Waals surface area contributed by atoms with Crippen LogP contribution < -0.4 is 31.7 Å². The number of unbranched alkanes of at least 4 members (excludes halogenated alkanes) is 10. The zero-order chi connectivity index (χ0) is 56.1. The van der Waals surface area contributed by atoms with Crippen molar-refractivity contribution in [2.24, 2.45) is 11.8 Å². The molecule has 8 nitrogen and oxygen atoms in total. The lowest BCUT2D eigenvalue weighted by Crippen LogP contribution is -2.42. The zero-order valence-corrected chi connectivity index (χ0v) is 47.8. The van der Waals surface area contributed by atoms with Gasteiger partial charge in [0.2, 0.25) is 0 Å². The number of allylic oxidation sites excluding steroid dienone is 8. The lowest BCUT2D eigenvalue weighted by molar-refractivity contribution is -0.173. The van der Waals surface area contributed by atoms with Crippen LogP contribution in [0.1, 0.15) is 206 Å². The van der Waals surface area contributed by atoms with Crippen molar-refractivity contribution in [3.8, 4) is 17.2 Å². The van der Waals surface area contributed by atoms with Gasteiger partial charge in [0, 0.05) is 11.1 Å². The van der Waals surface area contributed by atoms with Crippen molar-refractivity contribution in [2.45, 2.75) is 212 Å². The molecule has 0 amide bonds. The van der Waals surface area contributed by atoms with Gasteiger partial charge < -0.3 is 9.47 Å². The van der Waals surface area contributed by atoms with E-state index in [1.165, 1.54) is 60.2 Å². The highest BCUT2D eigenvalue weighted by Crippen LogP contribution is 2.50. The van der Waals surface area contributed by atoms with E-state index >= 15 is 13.2 Å². The standard InChI is InChI=1S/C67H87F3N2O6/c1-8-40-64(5,10-3)56-44-50(36-38-58(56)77-42-28-18-14-12-16-22-30-48-32-24-20-25-33-48)66(7,67(68,69)70)51-37-39-59(78-43-29-19-15-13-17-23-31-49-34-26-21-27-35-49)57(45-51)71-60(73)52-46-54-55(47-53(52)61(71)74)63(76)72(62(54)75)65(6,11-4)41-9-2/h20-21,24-27,32,34,36-39,44-49H,8-19,22-23,28-31,33,35,40-43H2,1-7H3. The molecule has 0 fully saturated rings. The number of halogens is 3. The summed E-state index contributed by atoms with van der Waals surface area (Å²) in [5.74, 6) is 1.90. The Morgan fingerprint density at radius 1 is 0.526 bits per heavy atom. The molecule has 78 heavy (non-hydrogen) atoms. The van der Waals surface area contributed by atoms with E-state index in [4.69, 9.17) is 9.47 Å². The number of hydrogen-bond acceptors (Lipinski definition) is 6. The third kappa shape index (κ3) is 13.3. The van der Waals surface area contributed by atoms with Crippen LogP contribution in [-0.4, -0.2) is 28.5 Å².